The molecule has 0 saturated heterocycles. The molecule has 5 heteroatoms. The third-order valence-corrected chi connectivity index (χ3v) is 5.15. The van der Waals surface area contributed by atoms with Gasteiger partial charge in [-0.25, -0.2) is 9.37 Å². The summed E-state index contributed by atoms with van der Waals surface area (Å²) in [7, 11) is 0. The van der Waals surface area contributed by atoms with Gasteiger partial charge in [0.15, 0.2) is 0 Å². The molecule has 1 N–H and O–H groups in total. The van der Waals surface area contributed by atoms with Crippen LogP contribution < -0.4 is 5.32 Å². The SMILES string of the molecule is Cc1nc(CNC2CCSc3ccc(F)cc32)cs1. The normalized spacial score (nSPS) is 18.3. The molecule has 0 spiro atoms. The largest absolute Gasteiger partial charge is 0.304 e. The van der Waals surface area contributed by atoms with E-state index in [-0.39, 0.29) is 11.9 Å². The van der Waals surface area contributed by atoms with Gasteiger partial charge in [-0.3, -0.25) is 0 Å². The van der Waals surface area contributed by atoms with E-state index in [2.05, 4.69) is 15.7 Å². The predicted molar refractivity (Wildman–Crippen MR) is 78.2 cm³/mol. The number of rotatable bonds is 3. The van der Waals surface area contributed by atoms with Crippen molar-refractivity contribution in [1.29, 1.82) is 0 Å². The Labute approximate surface area is 120 Å². The third kappa shape index (κ3) is 2.99. The van der Waals surface area contributed by atoms with Gasteiger partial charge >= 0.3 is 0 Å². The average Bonchev–Trinajstić information content (AvgIpc) is 2.82. The van der Waals surface area contributed by atoms with Crippen LogP contribution in [-0.4, -0.2) is 10.7 Å². The van der Waals surface area contributed by atoms with E-state index in [0.717, 1.165) is 35.0 Å². The summed E-state index contributed by atoms with van der Waals surface area (Å²) in [6.07, 6.45) is 1.03. The molecule has 3 rings (SSSR count). The first-order valence-electron chi connectivity index (χ1n) is 6.29. The molecular weight excluding hydrogens is 279 g/mol. The Bertz CT molecular complexity index is 583. The molecule has 1 aliphatic rings. The van der Waals surface area contributed by atoms with Crippen LogP contribution in [0.5, 0.6) is 0 Å². The molecule has 2 aromatic rings. The average molecular weight is 294 g/mol. The number of hydrogen-bond donors (Lipinski definition) is 1. The molecule has 1 atom stereocenters. The Hall–Kier alpha value is -0.910. The van der Waals surface area contributed by atoms with Crippen molar-refractivity contribution >= 4 is 23.1 Å². The van der Waals surface area contributed by atoms with Crippen molar-refractivity contribution in [2.45, 2.75) is 30.8 Å². The maximum absolute atomic E-state index is 13.4. The highest BCUT2D eigenvalue weighted by atomic mass is 32.2. The Morgan fingerprint density at radius 2 is 2.37 bits per heavy atom. The molecule has 2 nitrogen and oxygen atoms in total. The summed E-state index contributed by atoms with van der Waals surface area (Å²) in [5, 5.41) is 6.66. The molecule has 1 aliphatic heterocycles. The van der Waals surface area contributed by atoms with E-state index in [1.807, 2.05) is 13.0 Å². The summed E-state index contributed by atoms with van der Waals surface area (Å²) in [5.74, 6) is 0.921. The predicted octanol–water partition coefficient (Wildman–Crippen LogP) is 3.92. The Morgan fingerprint density at radius 1 is 1.47 bits per heavy atom. The monoisotopic (exact) mass is 294 g/mol. The Balaban J connectivity index is 1.74. The number of benzene rings is 1. The second-order valence-electron chi connectivity index (χ2n) is 4.61. The summed E-state index contributed by atoms with van der Waals surface area (Å²) in [5.41, 5.74) is 2.15. The smallest absolute Gasteiger partial charge is 0.123 e. The molecule has 100 valence electrons. The summed E-state index contributed by atoms with van der Waals surface area (Å²) in [4.78, 5) is 5.64. The zero-order valence-corrected chi connectivity index (χ0v) is 12.3. The van der Waals surface area contributed by atoms with Crippen molar-refractivity contribution < 1.29 is 4.39 Å². The summed E-state index contributed by atoms with van der Waals surface area (Å²) in [6.45, 7) is 2.76. The number of aryl methyl sites for hydroxylation is 1. The maximum Gasteiger partial charge on any atom is 0.123 e. The number of halogens is 1. The van der Waals surface area contributed by atoms with Crippen LogP contribution in [0.15, 0.2) is 28.5 Å². The van der Waals surface area contributed by atoms with Gasteiger partial charge in [0.2, 0.25) is 0 Å². The molecule has 0 amide bonds. The van der Waals surface area contributed by atoms with Crippen LogP contribution >= 0.6 is 23.1 Å². The molecule has 1 aromatic carbocycles. The van der Waals surface area contributed by atoms with Crippen molar-refractivity contribution in [3.8, 4) is 0 Å². The highest BCUT2D eigenvalue weighted by Crippen LogP contribution is 2.36. The Kier molecular flexibility index (Phi) is 3.86. The van der Waals surface area contributed by atoms with Crippen LogP contribution in [0, 0.1) is 12.7 Å². The van der Waals surface area contributed by atoms with Crippen LogP contribution in [-0.2, 0) is 6.54 Å². The van der Waals surface area contributed by atoms with E-state index in [1.54, 1.807) is 29.2 Å². The molecule has 1 aromatic heterocycles. The first-order chi connectivity index (χ1) is 9.22. The number of hydrogen-bond acceptors (Lipinski definition) is 4. The molecule has 0 saturated carbocycles. The van der Waals surface area contributed by atoms with Crippen LogP contribution in [0.3, 0.4) is 0 Å². The zero-order chi connectivity index (χ0) is 13.2. The maximum atomic E-state index is 13.4. The van der Waals surface area contributed by atoms with Crippen molar-refractivity contribution in [3.63, 3.8) is 0 Å². The van der Waals surface area contributed by atoms with Gasteiger partial charge in [-0.1, -0.05) is 0 Å². The molecular formula is C14H15FN2S2. The van der Waals surface area contributed by atoms with Gasteiger partial charge in [0.05, 0.1) is 10.7 Å². The molecule has 0 bridgehead atoms. The van der Waals surface area contributed by atoms with E-state index in [1.165, 1.54) is 11.0 Å². The first-order valence-corrected chi connectivity index (χ1v) is 8.15. The summed E-state index contributed by atoms with van der Waals surface area (Å²) in [6, 6.07) is 5.31. The topological polar surface area (TPSA) is 24.9 Å². The van der Waals surface area contributed by atoms with Gasteiger partial charge in [-0.2, -0.15) is 0 Å². The third-order valence-electron chi connectivity index (χ3n) is 3.21. The summed E-state index contributed by atoms with van der Waals surface area (Å²) < 4.78 is 13.4. The number of fused-ring (bicyclic) bond motifs is 1. The minimum atomic E-state index is -0.155. The van der Waals surface area contributed by atoms with E-state index in [4.69, 9.17) is 0 Å². The van der Waals surface area contributed by atoms with Crippen LogP contribution in [0.25, 0.3) is 0 Å². The molecule has 1 unspecified atom stereocenters. The minimum Gasteiger partial charge on any atom is -0.304 e. The number of nitrogens with one attached hydrogen (secondary N) is 1. The molecule has 19 heavy (non-hydrogen) atoms. The highest BCUT2D eigenvalue weighted by Gasteiger charge is 2.21. The lowest BCUT2D eigenvalue weighted by Crippen LogP contribution is -2.24. The Morgan fingerprint density at radius 3 is 3.16 bits per heavy atom. The van der Waals surface area contributed by atoms with E-state index in [9.17, 15) is 4.39 Å². The fourth-order valence-electron chi connectivity index (χ4n) is 2.29. The van der Waals surface area contributed by atoms with Crippen molar-refractivity contribution in [3.05, 3.63) is 45.7 Å². The first kappa shape index (κ1) is 13.1. The second-order valence-corrected chi connectivity index (χ2v) is 6.81. The minimum absolute atomic E-state index is 0.155. The van der Waals surface area contributed by atoms with Crippen molar-refractivity contribution in [2.24, 2.45) is 0 Å². The van der Waals surface area contributed by atoms with Gasteiger partial charge in [0, 0.05) is 22.9 Å². The fourth-order valence-corrected chi connectivity index (χ4v) is 4.01. The number of thioether (sulfide) groups is 1. The van der Waals surface area contributed by atoms with Gasteiger partial charge in [0.1, 0.15) is 5.82 Å². The van der Waals surface area contributed by atoms with Gasteiger partial charge in [-0.15, -0.1) is 23.1 Å². The van der Waals surface area contributed by atoms with Crippen molar-refractivity contribution in [1.82, 2.24) is 10.3 Å². The van der Waals surface area contributed by atoms with Crippen LogP contribution in [0.2, 0.25) is 0 Å². The number of aromatic nitrogens is 1. The number of nitrogens with zero attached hydrogens (tertiary/aromatic N) is 1. The summed E-state index contributed by atoms with van der Waals surface area (Å²) >= 11 is 3.47. The zero-order valence-electron chi connectivity index (χ0n) is 10.6. The molecule has 0 fully saturated rings. The fraction of sp³-hybridized carbons (Fsp3) is 0.357. The van der Waals surface area contributed by atoms with Crippen molar-refractivity contribution in [2.75, 3.05) is 5.75 Å². The van der Waals surface area contributed by atoms with Gasteiger partial charge in [-0.05, 0) is 42.9 Å². The highest BCUT2D eigenvalue weighted by molar-refractivity contribution is 7.99. The van der Waals surface area contributed by atoms with E-state index >= 15 is 0 Å². The van der Waals surface area contributed by atoms with Gasteiger partial charge < -0.3 is 5.32 Å². The quantitative estimate of drug-likeness (QED) is 0.929. The lowest BCUT2D eigenvalue weighted by atomic mass is 10.0. The molecule has 0 radical (unpaired) electrons. The lowest BCUT2D eigenvalue weighted by molar-refractivity contribution is 0.501. The molecule has 2 heterocycles. The molecule has 0 aliphatic carbocycles. The van der Waals surface area contributed by atoms with Crippen LogP contribution in [0.4, 0.5) is 4.39 Å². The van der Waals surface area contributed by atoms with E-state index < -0.39 is 0 Å². The number of thiazole rings is 1. The lowest BCUT2D eigenvalue weighted by Gasteiger charge is -2.25. The van der Waals surface area contributed by atoms with Crippen LogP contribution in [0.1, 0.15) is 28.7 Å². The standard InChI is InChI=1S/C14H15FN2S2/c1-9-17-11(8-19-9)7-16-13-4-5-18-14-3-2-10(15)6-12(13)14/h2-3,6,8,13,16H,4-5,7H2,1H3. The second kappa shape index (κ2) is 5.61. The van der Waals surface area contributed by atoms with E-state index in [0.29, 0.717) is 0 Å². The van der Waals surface area contributed by atoms with Gasteiger partial charge in [0.25, 0.3) is 0 Å².